The largest absolute Gasteiger partial charge is 0.477 e. The summed E-state index contributed by atoms with van der Waals surface area (Å²) in [5, 5.41) is 9.25. The van der Waals surface area contributed by atoms with Crippen molar-refractivity contribution in [3.05, 3.63) is 59.7 Å². The zero-order valence-electron chi connectivity index (χ0n) is 14.8. The molecule has 1 N–H and O–H groups in total. The van der Waals surface area contributed by atoms with Crippen LogP contribution in [0.5, 0.6) is 0 Å². The topological polar surface area (TPSA) is 62.5 Å². The number of carboxylic acids is 1. The van der Waals surface area contributed by atoms with Crippen molar-refractivity contribution in [2.75, 3.05) is 13.1 Å². The third-order valence-electron chi connectivity index (χ3n) is 5.02. The monoisotopic (exact) mass is 358 g/mol. The standard InChI is InChI=1S/C20H23FN2O3/c1-14(12-15-4-2-5-16(21)13-15)19(24)22-10-7-17(8-11-22)23-9-3-6-18(23)20(25)26/h2-6,9,13-14,17H,7-8,10-12H2,1H3,(H,25,26)/t14-/m0/s1. The number of aromatic nitrogens is 1. The molecule has 1 aliphatic rings. The van der Waals surface area contributed by atoms with E-state index in [1.807, 2.05) is 17.9 Å². The minimum atomic E-state index is -0.933. The second kappa shape index (κ2) is 7.72. The van der Waals surface area contributed by atoms with Crippen LogP contribution in [0.2, 0.25) is 0 Å². The van der Waals surface area contributed by atoms with Crippen molar-refractivity contribution in [1.82, 2.24) is 9.47 Å². The first kappa shape index (κ1) is 18.2. The summed E-state index contributed by atoms with van der Waals surface area (Å²) in [7, 11) is 0. The summed E-state index contributed by atoms with van der Waals surface area (Å²) < 4.78 is 15.1. The van der Waals surface area contributed by atoms with Gasteiger partial charge in [-0.2, -0.15) is 0 Å². The quantitative estimate of drug-likeness (QED) is 0.891. The van der Waals surface area contributed by atoms with Crippen LogP contribution in [-0.2, 0) is 11.2 Å². The number of amides is 1. The highest BCUT2D eigenvalue weighted by atomic mass is 19.1. The van der Waals surface area contributed by atoms with Crippen molar-refractivity contribution >= 4 is 11.9 Å². The molecule has 5 nitrogen and oxygen atoms in total. The summed E-state index contributed by atoms with van der Waals surface area (Å²) in [5.74, 6) is -1.37. The van der Waals surface area contributed by atoms with E-state index >= 15 is 0 Å². The molecule has 2 aromatic rings. The number of aromatic carboxylic acids is 1. The van der Waals surface area contributed by atoms with Gasteiger partial charge in [0, 0.05) is 31.2 Å². The Morgan fingerprint density at radius 3 is 2.62 bits per heavy atom. The molecule has 0 radical (unpaired) electrons. The zero-order valence-corrected chi connectivity index (χ0v) is 14.8. The number of benzene rings is 1. The summed E-state index contributed by atoms with van der Waals surface area (Å²) in [4.78, 5) is 25.8. The van der Waals surface area contributed by atoms with Crippen molar-refractivity contribution in [1.29, 1.82) is 0 Å². The Kier molecular flexibility index (Phi) is 5.40. The Hall–Kier alpha value is -2.63. The van der Waals surface area contributed by atoms with Crippen molar-refractivity contribution in [2.45, 2.75) is 32.2 Å². The Morgan fingerprint density at radius 2 is 1.96 bits per heavy atom. The Morgan fingerprint density at radius 1 is 1.23 bits per heavy atom. The maximum atomic E-state index is 13.3. The van der Waals surface area contributed by atoms with Gasteiger partial charge in [-0.05, 0) is 49.1 Å². The average Bonchev–Trinajstić information content (AvgIpc) is 3.11. The summed E-state index contributed by atoms with van der Waals surface area (Å²) >= 11 is 0. The molecule has 1 fully saturated rings. The summed E-state index contributed by atoms with van der Waals surface area (Å²) in [6.45, 7) is 3.08. The van der Waals surface area contributed by atoms with Crippen molar-refractivity contribution in [3.63, 3.8) is 0 Å². The molecule has 3 rings (SSSR count). The normalized spacial score (nSPS) is 16.5. The number of hydrogen-bond acceptors (Lipinski definition) is 2. The SMILES string of the molecule is C[C@@H](Cc1cccc(F)c1)C(=O)N1CCC(n2cccc2C(=O)O)CC1. The minimum absolute atomic E-state index is 0.0682. The predicted octanol–water partition coefficient (Wildman–Crippen LogP) is 3.37. The van der Waals surface area contributed by atoms with E-state index in [0.29, 0.717) is 19.5 Å². The van der Waals surface area contributed by atoms with Crippen molar-refractivity contribution in [2.24, 2.45) is 5.92 Å². The maximum Gasteiger partial charge on any atom is 0.352 e. The van der Waals surface area contributed by atoms with Crippen LogP contribution in [-0.4, -0.2) is 39.5 Å². The smallest absolute Gasteiger partial charge is 0.352 e. The summed E-state index contributed by atoms with van der Waals surface area (Å²) in [6.07, 6.45) is 3.76. The molecule has 1 aromatic carbocycles. The van der Waals surface area contributed by atoms with Crippen LogP contribution in [0.4, 0.5) is 4.39 Å². The number of carbonyl (C=O) groups excluding carboxylic acids is 1. The third-order valence-corrected chi connectivity index (χ3v) is 5.02. The Labute approximate surface area is 152 Å². The van der Waals surface area contributed by atoms with Gasteiger partial charge >= 0.3 is 5.97 Å². The van der Waals surface area contributed by atoms with Gasteiger partial charge in [0.1, 0.15) is 11.5 Å². The number of carboxylic acid groups (broad SMARTS) is 1. The van der Waals surface area contributed by atoms with E-state index in [4.69, 9.17) is 0 Å². The molecule has 0 saturated carbocycles. The second-order valence-electron chi connectivity index (χ2n) is 6.90. The van der Waals surface area contributed by atoms with Gasteiger partial charge in [0.2, 0.25) is 5.91 Å². The molecule has 26 heavy (non-hydrogen) atoms. The number of carbonyl (C=O) groups is 2. The van der Waals surface area contributed by atoms with Gasteiger partial charge in [-0.3, -0.25) is 4.79 Å². The first-order valence-electron chi connectivity index (χ1n) is 8.89. The molecule has 138 valence electrons. The van der Waals surface area contributed by atoms with Crippen LogP contribution in [0.3, 0.4) is 0 Å². The first-order valence-corrected chi connectivity index (χ1v) is 8.89. The molecule has 1 saturated heterocycles. The lowest BCUT2D eigenvalue weighted by Crippen LogP contribution is -2.42. The second-order valence-corrected chi connectivity index (χ2v) is 6.90. The van der Waals surface area contributed by atoms with E-state index < -0.39 is 5.97 Å². The zero-order chi connectivity index (χ0) is 18.7. The fourth-order valence-corrected chi connectivity index (χ4v) is 3.67. The average molecular weight is 358 g/mol. The van der Waals surface area contributed by atoms with E-state index in [1.54, 1.807) is 29.0 Å². The first-order chi connectivity index (χ1) is 12.5. The number of nitrogens with zero attached hydrogens (tertiary/aromatic N) is 2. The van der Waals surface area contributed by atoms with Crippen molar-refractivity contribution in [3.8, 4) is 0 Å². The number of hydrogen-bond donors (Lipinski definition) is 1. The van der Waals surface area contributed by atoms with Crippen molar-refractivity contribution < 1.29 is 19.1 Å². The Balaban J connectivity index is 1.58. The highest BCUT2D eigenvalue weighted by Gasteiger charge is 2.28. The third kappa shape index (κ3) is 3.95. The molecule has 1 aliphatic heterocycles. The van der Waals surface area contributed by atoms with Gasteiger partial charge in [-0.15, -0.1) is 0 Å². The molecule has 1 aromatic heterocycles. The lowest BCUT2D eigenvalue weighted by molar-refractivity contribution is -0.136. The molecule has 0 unspecified atom stereocenters. The summed E-state index contributed by atoms with van der Waals surface area (Å²) in [6, 6.07) is 9.79. The van der Waals surface area contributed by atoms with Gasteiger partial charge in [-0.25, -0.2) is 9.18 Å². The number of piperidine rings is 1. The molecular weight excluding hydrogens is 335 g/mol. The van der Waals surface area contributed by atoms with E-state index in [-0.39, 0.29) is 29.4 Å². The van der Waals surface area contributed by atoms with E-state index in [0.717, 1.165) is 18.4 Å². The number of halogens is 1. The molecule has 2 heterocycles. The van der Waals surface area contributed by atoms with E-state index in [2.05, 4.69) is 0 Å². The molecule has 1 amide bonds. The molecule has 0 bridgehead atoms. The molecule has 0 spiro atoms. The highest BCUT2D eigenvalue weighted by molar-refractivity contribution is 5.85. The fourth-order valence-electron chi connectivity index (χ4n) is 3.67. The van der Waals surface area contributed by atoms with Gasteiger partial charge < -0.3 is 14.6 Å². The van der Waals surface area contributed by atoms with E-state index in [9.17, 15) is 19.1 Å². The molecule has 0 aliphatic carbocycles. The van der Waals surface area contributed by atoms with Crippen LogP contribution in [0.15, 0.2) is 42.6 Å². The predicted molar refractivity (Wildman–Crippen MR) is 95.5 cm³/mol. The minimum Gasteiger partial charge on any atom is -0.477 e. The van der Waals surface area contributed by atoms with Crippen LogP contribution in [0.25, 0.3) is 0 Å². The molecular formula is C20H23FN2O3. The molecule has 6 heteroatoms. The van der Waals surface area contributed by atoms with E-state index in [1.165, 1.54) is 12.1 Å². The fraction of sp³-hybridized carbons (Fsp3) is 0.400. The van der Waals surface area contributed by atoms with Gasteiger partial charge in [0.15, 0.2) is 0 Å². The summed E-state index contributed by atoms with van der Waals surface area (Å²) in [5.41, 5.74) is 1.11. The van der Waals surface area contributed by atoms with Crippen LogP contribution < -0.4 is 0 Å². The molecule has 1 atom stereocenters. The maximum absolute atomic E-state index is 13.3. The lowest BCUT2D eigenvalue weighted by Gasteiger charge is -2.34. The highest BCUT2D eigenvalue weighted by Crippen LogP contribution is 2.26. The lowest BCUT2D eigenvalue weighted by atomic mass is 9.97. The van der Waals surface area contributed by atoms with Crippen LogP contribution in [0, 0.1) is 11.7 Å². The Bertz CT molecular complexity index is 794. The van der Waals surface area contributed by atoms with Crippen LogP contribution in [0.1, 0.15) is 41.9 Å². The number of likely N-dealkylation sites (tertiary alicyclic amines) is 1. The van der Waals surface area contributed by atoms with Crippen LogP contribution >= 0.6 is 0 Å². The number of rotatable bonds is 5. The van der Waals surface area contributed by atoms with Gasteiger partial charge in [0.25, 0.3) is 0 Å². The van der Waals surface area contributed by atoms with Gasteiger partial charge in [0.05, 0.1) is 0 Å². The van der Waals surface area contributed by atoms with Gasteiger partial charge in [-0.1, -0.05) is 19.1 Å².